The Hall–Kier alpha value is -2.61. The van der Waals surface area contributed by atoms with Crippen LogP contribution < -0.4 is 10.1 Å². The van der Waals surface area contributed by atoms with Gasteiger partial charge in [-0.1, -0.05) is 24.3 Å². The van der Waals surface area contributed by atoms with Gasteiger partial charge < -0.3 is 10.1 Å². The fraction of sp³-hybridized carbons (Fsp3) is 0.316. The second-order valence-corrected chi connectivity index (χ2v) is 6.57. The maximum absolute atomic E-state index is 13.7. The summed E-state index contributed by atoms with van der Waals surface area (Å²) in [5.74, 6) is -1.13. The van der Waals surface area contributed by atoms with Gasteiger partial charge in [0.25, 0.3) is 0 Å². The summed E-state index contributed by atoms with van der Waals surface area (Å²) >= 11 is 0. The van der Waals surface area contributed by atoms with E-state index in [0.29, 0.717) is 19.5 Å². The molecule has 27 heavy (non-hydrogen) atoms. The number of rotatable bonds is 5. The number of nitrogens with zero attached hydrogens (tertiary/aromatic N) is 1. The molecule has 144 valence electrons. The smallest absolute Gasteiger partial charge is 0.406 e. The number of likely N-dealkylation sites (tertiary alicyclic amines) is 1. The van der Waals surface area contributed by atoms with Gasteiger partial charge in [-0.15, -0.1) is 13.2 Å². The zero-order valence-electron chi connectivity index (χ0n) is 14.5. The number of anilines is 1. The summed E-state index contributed by atoms with van der Waals surface area (Å²) in [7, 11) is 0. The van der Waals surface area contributed by atoms with E-state index in [4.69, 9.17) is 0 Å². The second kappa shape index (κ2) is 7.19. The molecule has 3 rings (SSSR count). The molecule has 2 aromatic carbocycles. The van der Waals surface area contributed by atoms with Crippen LogP contribution in [0.2, 0.25) is 0 Å². The number of hydrogen-bond donors (Lipinski definition) is 1. The molecule has 2 aromatic rings. The lowest BCUT2D eigenvalue weighted by atomic mass is 9.85. The van der Waals surface area contributed by atoms with Crippen molar-refractivity contribution in [3.63, 3.8) is 0 Å². The fourth-order valence-corrected chi connectivity index (χ4v) is 2.95. The number of amides is 1. The summed E-state index contributed by atoms with van der Waals surface area (Å²) in [6.45, 7) is 2.79. The van der Waals surface area contributed by atoms with E-state index in [0.717, 1.165) is 5.56 Å². The summed E-state index contributed by atoms with van der Waals surface area (Å²) in [4.78, 5) is 14.5. The Morgan fingerprint density at radius 2 is 1.85 bits per heavy atom. The van der Waals surface area contributed by atoms with E-state index in [1.807, 2.05) is 4.90 Å². The Kier molecular flexibility index (Phi) is 5.10. The third-order valence-corrected chi connectivity index (χ3v) is 4.71. The van der Waals surface area contributed by atoms with Gasteiger partial charge in [0.05, 0.1) is 11.2 Å². The molecule has 0 aliphatic carbocycles. The zero-order chi connectivity index (χ0) is 19.7. The Morgan fingerprint density at radius 1 is 1.19 bits per heavy atom. The van der Waals surface area contributed by atoms with Gasteiger partial charge >= 0.3 is 6.36 Å². The summed E-state index contributed by atoms with van der Waals surface area (Å²) in [5, 5.41) is 2.60. The lowest BCUT2D eigenvalue weighted by molar-refractivity contribution is -0.274. The maximum atomic E-state index is 13.7. The van der Waals surface area contributed by atoms with Crippen molar-refractivity contribution in [1.29, 1.82) is 0 Å². The third kappa shape index (κ3) is 4.39. The van der Waals surface area contributed by atoms with Gasteiger partial charge in [0.15, 0.2) is 0 Å². The van der Waals surface area contributed by atoms with Crippen LogP contribution in [0.3, 0.4) is 0 Å². The molecule has 0 bridgehead atoms. The van der Waals surface area contributed by atoms with Crippen molar-refractivity contribution < 1.29 is 27.1 Å². The summed E-state index contributed by atoms with van der Waals surface area (Å²) in [6, 6.07) is 11.4. The van der Waals surface area contributed by atoms with E-state index in [2.05, 4.69) is 10.1 Å². The molecular weight excluding hydrogens is 364 g/mol. The van der Waals surface area contributed by atoms with Crippen molar-refractivity contribution in [3.8, 4) is 5.75 Å². The molecule has 8 heteroatoms. The average Bonchev–Trinajstić information content (AvgIpc) is 2.60. The topological polar surface area (TPSA) is 41.6 Å². The lowest BCUT2D eigenvalue weighted by Crippen LogP contribution is -2.63. The van der Waals surface area contributed by atoms with Crippen LogP contribution in [0.1, 0.15) is 18.9 Å². The van der Waals surface area contributed by atoms with Crippen LogP contribution in [0.4, 0.5) is 23.2 Å². The Morgan fingerprint density at radius 3 is 2.41 bits per heavy atom. The SMILES string of the molecule is CC1(C(=O)Nc2ccccc2F)CCN1Cc1ccc(OC(F)(F)F)cc1. The molecule has 1 unspecified atom stereocenters. The molecule has 1 aliphatic heterocycles. The van der Waals surface area contributed by atoms with Gasteiger partial charge in [0.1, 0.15) is 11.6 Å². The molecule has 0 radical (unpaired) electrons. The first-order valence-corrected chi connectivity index (χ1v) is 8.33. The van der Waals surface area contributed by atoms with Crippen LogP contribution in [0.15, 0.2) is 48.5 Å². The number of carbonyl (C=O) groups is 1. The predicted octanol–water partition coefficient (Wildman–Crippen LogP) is 4.33. The number of ether oxygens (including phenoxy) is 1. The molecule has 1 aliphatic rings. The summed E-state index contributed by atoms with van der Waals surface area (Å²) in [5.41, 5.74) is 0.0436. The lowest BCUT2D eigenvalue weighted by Gasteiger charge is -2.49. The quantitative estimate of drug-likeness (QED) is 0.783. The fourth-order valence-electron chi connectivity index (χ4n) is 2.95. The molecule has 1 fully saturated rings. The van der Waals surface area contributed by atoms with Crippen molar-refractivity contribution in [1.82, 2.24) is 4.90 Å². The Bertz CT molecular complexity index is 823. The highest BCUT2D eigenvalue weighted by molar-refractivity contribution is 5.98. The number of para-hydroxylation sites is 1. The number of alkyl halides is 3. The molecule has 1 saturated heterocycles. The first-order chi connectivity index (χ1) is 12.7. The molecule has 1 amide bonds. The van der Waals surface area contributed by atoms with Crippen LogP contribution in [-0.2, 0) is 11.3 Å². The largest absolute Gasteiger partial charge is 0.573 e. The van der Waals surface area contributed by atoms with E-state index < -0.39 is 17.7 Å². The molecular formula is C19H18F4N2O2. The van der Waals surface area contributed by atoms with Gasteiger partial charge in [-0.2, -0.15) is 0 Å². The Labute approximate surface area is 153 Å². The van der Waals surface area contributed by atoms with Crippen LogP contribution in [0, 0.1) is 5.82 Å². The molecule has 1 atom stereocenters. The standard InChI is InChI=1S/C19H18F4N2O2/c1-18(17(26)24-16-5-3-2-4-15(16)20)10-11-25(18)12-13-6-8-14(9-7-13)27-19(21,22)23/h2-9H,10-12H2,1H3,(H,24,26). The van der Waals surface area contributed by atoms with E-state index in [1.54, 1.807) is 13.0 Å². The predicted molar refractivity (Wildman–Crippen MR) is 91.6 cm³/mol. The van der Waals surface area contributed by atoms with Crippen molar-refractivity contribution in [2.75, 3.05) is 11.9 Å². The van der Waals surface area contributed by atoms with E-state index in [1.165, 1.54) is 42.5 Å². The molecule has 4 nitrogen and oxygen atoms in total. The summed E-state index contributed by atoms with van der Waals surface area (Å²) in [6.07, 6.45) is -4.13. The van der Waals surface area contributed by atoms with Gasteiger partial charge in [0.2, 0.25) is 5.91 Å². The molecule has 0 spiro atoms. The van der Waals surface area contributed by atoms with Crippen LogP contribution >= 0.6 is 0 Å². The first-order valence-electron chi connectivity index (χ1n) is 8.33. The number of halogens is 4. The number of benzene rings is 2. The van der Waals surface area contributed by atoms with Crippen LogP contribution in [0.25, 0.3) is 0 Å². The molecule has 1 N–H and O–H groups in total. The van der Waals surface area contributed by atoms with Gasteiger partial charge in [-0.05, 0) is 43.2 Å². The average molecular weight is 382 g/mol. The molecule has 1 heterocycles. The minimum Gasteiger partial charge on any atom is -0.406 e. The van der Waals surface area contributed by atoms with E-state index in [-0.39, 0.29) is 17.3 Å². The van der Waals surface area contributed by atoms with E-state index >= 15 is 0 Å². The van der Waals surface area contributed by atoms with Gasteiger partial charge in [0, 0.05) is 13.1 Å². The highest BCUT2D eigenvalue weighted by Gasteiger charge is 2.46. The zero-order valence-corrected chi connectivity index (χ0v) is 14.5. The van der Waals surface area contributed by atoms with Gasteiger partial charge in [-0.25, -0.2) is 4.39 Å². The minimum absolute atomic E-state index is 0.115. The van der Waals surface area contributed by atoms with Crippen molar-refractivity contribution in [3.05, 3.63) is 59.9 Å². The normalized spacial score (nSPS) is 20.0. The molecule has 0 aromatic heterocycles. The monoisotopic (exact) mass is 382 g/mol. The Balaban J connectivity index is 1.64. The first kappa shape index (κ1) is 19.2. The highest BCUT2D eigenvalue weighted by atomic mass is 19.4. The molecule has 0 saturated carbocycles. The number of hydrogen-bond acceptors (Lipinski definition) is 3. The highest BCUT2D eigenvalue weighted by Crippen LogP contribution is 2.34. The van der Waals surface area contributed by atoms with Crippen molar-refractivity contribution >= 4 is 11.6 Å². The van der Waals surface area contributed by atoms with Crippen LogP contribution in [-0.4, -0.2) is 29.3 Å². The second-order valence-electron chi connectivity index (χ2n) is 6.57. The number of carbonyl (C=O) groups excluding carboxylic acids is 1. The van der Waals surface area contributed by atoms with Crippen molar-refractivity contribution in [2.45, 2.75) is 31.8 Å². The van der Waals surface area contributed by atoms with Gasteiger partial charge in [-0.3, -0.25) is 9.69 Å². The van der Waals surface area contributed by atoms with Crippen LogP contribution in [0.5, 0.6) is 5.75 Å². The number of nitrogens with one attached hydrogen (secondary N) is 1. The third-order valence-electron chi connectivity index (χ3n) is 4.71. The van der Waals surface area contributed by atoms with Crippen molar-refractivity contribution in [2.24, 2.45) is 0 Å². The van der Waals surface area contributed by atoms with E-state index in [9.17, 15) is 22.4 Å². The minimum atomic E-state index is -4.73. The maximum Gasteiger partial charge on any atom is 0.573 e. The summed E-state index contributed by atoms with van der Waals surface area (Å²) < 4.78 is 54.2.